The standard InChI is InChI=1S/2C31H30N2.C6H6/c2*1-18-13-20(3)28(21(4)14-18)32-17-33(29-22(5)15-19(2)16-23(29)6)31-26-12-8-10-24-9-7-11-25(27(24)26)30(31)32;1-2-4-6-5-3-1/h2*7-16,30-31H,1-6H3;1-6H/t2*30-,31+;. The summed E-state index contributed by atoms with van der Waals surface area (Å²) in [6, 6.07) is 58.3. The summed E-state index contributed by atoms with van der Waals surface area (Å²) < 4.78 is 4.87. The van der Waals surface area contributed by atoms with Gasteiger partial charge in [-0.05, 0) is 105 Å². The highest BCUT2D eigenvalue weighted by Crippen LogP contribution is 2.57. The normalized spacial score (nSPS) is 17.8. The molecule has 2 aliphatic carbocycles. The fraction of sp³-hybridized carbons (Fsp3) is 0.235. The molecule has 2 aliphatic heterocycles. The number of hydrogen-bond acceptors (Lipinski definition) is 2. The van der Waals surface area contributed by atoms with Crippen molar-refractivity contribution in [2.24, 2.45) is 0 Å². The number of anilines is 2. The van der Waals surface area contributed by atoms with E-state index in [1.807, 2.05) is 36.4 Å². The van der Waals surface area contributed by atoms with Gasteiger partial charge >= 0.3 is 0 Å². The Bertz CT molecular complexity index is 3350. The quantitative estimate of drug-likeness (QED) is 0.129. The summed E-state index contributed by atoms with van der Waals surface area (Å²) in [6.07, 6.45) is 7.76. The van der Waals surface area contributed by atoms with Gasteiger partial charge in [0.1, 0.15) is 24.2 Å². The molecule has 0 unspecified atom stereocenters. The Morgan fingerprint density at radius 2 is 0.583 bits per heavy atom. The van der Waals surface area contributed by atoms with E-state index in [-0.39, 0.29) is 24.2 Å². The first-order valence-corrected chi connectivity index (χ1v) is 25.7. The summed E-state index contributed by atoms with van der Waals surface area (Å²) in [5.41, 5.74) is 26.4. The average molecular weight is 939 g/mol. The summed E-state index contributed by atoms with van der Waals surface area (Å²) in [5.74, 6) is 0. The molecule has 72 heavy (non-hydrogen) atoms. The van der Waals surface area contributed by atoms with Gasteiger partial charge in [0.25, 0.3) is 0 Å². The highest BCUT2D eigenvalue weighted by molar-refractivity contribution is 5.97. The zero-order chi connectivity index (χ0) is 50.3. The van der Waals surface area contributed by atoms with Gasteiger partial charge in [-0.25, -0.2) is 0 Å². The van der Waals surface area contributed by atoms with Crippen LogP contribution in [0.25, 0.3) is 21.5 Å². The maximum absolute atomic E-state index is 3.88. The van der Waals surface area contributed by atoms with Crippen molar-refractivity contribution in [3.63, 3.8) is 0 Å². The number of fused-ring (bicyclic) bond motifs is 6. The Balaban J connectivity index is 0.000000139. The molecular formula is C68H66N4. The summed E-state index contributed by atoms with van der Waals surface area (Å²) in [6.45, 7) is 26.6. The maximum Gasteiger partial charge on any atom is 0.207 e. The van der Waals surface area contributed by atoms with Crippen LogP contribution in [0.5, 0.6) is 0 Å². The molecule has 0 amide bonds. The predicted molar refractivity (Wildman–Crippen MR) is 303 cm³/mol. The number of aryl methyl sites for hydroxylation is 12. The second kappa shape index (κ2) is 18.2. The number of hydrogen-bond donors (Lipinski definition) is 0. The highest BCUT2D eigenvalue weighted by atomic mass is 15.3. The van der Waals surface area contributed by atoms with E-state index in [9.17, 15) is 0 Å². The van der Waals surface area contributed by atoms with E-state index in [4.69, 9.17) is 0 Å². The fourth-order valence-corrected chi connectivity index (χ4v) is 13.4. The Morgan fingerprint density at radius 3 is 0.875 bits per heavy atom. The maximum atomic E-state index is 3.88. The van der Waals surface area contributed by atoms with Crippen molar-refractivity contribution >= 4 is 57.0 Å². The van der Waals surface area contributed by atoms with Gasteiger partial charge < -0.3 is 19.0 Å². The Labute approximate surface area is 427 Å². The zero-order valence-electron chi connectivity index (χ0n) is 44.1. The zero-order valence-corrected chi connectivity index (χ0v) is 44.1. The summed E-state index contributed by atoms with van der Waals surface area (Å²) >= 11 is 0. The van der Waals surface area contributed by atoms with E-state index in [1.165, 1.54) is 133 Å². The van der Waals surface area contributed by atoms with E-state index in [1.54, 1.807) is 0 Å². The van der Waals surface area contributed by atoms with Gasteiger partial charge in [0.05, 0.1) is 0 Å². The van der Waals surface area contributed by atoms with Crippen molar-refractivity contribution in [2.75, 3.05) is 9.80 Å². The van der Waals surface area contributed by atoms with Gasteiger partial charge in [-0.3, -0.25) is 0 Å². The summed E-state index contributed by atoms with van der Waals surface area (Å²) in [5, 5.41) is 5.48. The van der Waals surface area contributed by atoms with Crippen LogP contribution >= 0.6 is 0 Å². The van der Waals surface area contributed by atoms with Crippen LogP contribution in [0.2, 0.25) is 0 Å². The van der Waals surface area contributed by atoms with Crippen LogP contribution in [0, 0.1) is 83.1 Å². The molecule has 9 aromatic carbocycles. The third kappa shape index (κ3) is 7.75. The van der Waals surface area contributed by atoms with Crippen molar-refractivity contribution in [3.05, 3.63) is 247 Å². The average Bonchev–Trinajstić information content (AvgIpc) is 4.08. The Kier molecular flexibility index (Phi) is 11.9. The first kappa shape index (κ1) is 46.8. The lowest BCUT2D eigenvalue weighted by atomic mass is 9.98. The number of nitrogens with zero attached hydrogens (tertiary/aromatic N) is 4. The van der Waals surface area contributed by atoms with E-state index in [2.05, 4.69) is 236 Å². The fourth-order valence-electron chi connectivity index (χ4n) is 13.4. The summed E-state index contributed by atoms with van der Waals surface area (Å²) in [4.78, 5) is 4.87. The Morgan fingerprint density at radius 1 is 0.319 bits per heavy atom. The molecule has 0 fully saturated rings. The van der Waals surface area contributed by atoms with Crippen LogP contribution in [0.4, 0.5) is 22.7 Å². The lowest BCUT2D eigenvalue weighted by molar-refractivity contribution is -0.481. The smallest absolute Gasteiger partial charge is 0.207 e. The minimum atomic E-state index is 0.200. The molecule has 0 saturated heterocycles. The Hall–Kier alpha value is -7.56. The van der Waals surface area contributed by atoms with Gasteiger partial charge in [0.2, 0.25) is 12.7 Å². The molecule has 13 rings (SSSR count). The van der Waals surface area contributed by atoms with Crippen LogP contribution in [-0.4, -0.2) is 21.8 Å². The lowest BCUT2D eigenvalue weighted by Crippen LogP contribution is -2.25. The van der Waals surface area contributed by atoms with Crippen molar-refractivity contribution < 1.29 is 9.15 Å². The van der Waals surface area contributed by atoms with Gasteiger partial charge in [-0.2, -0.15) is 0 Å². The molecule has 0 aromatic heterocycles. The molecule has 0 saturated carbocycles. The van der Waals surface area contributed by atoms with Crippen molar-refractivity contribution in [3.8, 4) is 0 Å². The van der Waals surface area contributed by atoms with Gasteiger partial charge in [0.15, 0.2) is 0 Å². The van der Waals surface area contributed by atoms with Gasteiger partial charge in [-0.1, -0.05) is 224 Å². The molecule has 9 aromatic rings. The van der Waals surface area contributed by atoms with Crippen LogP contribution in [0.3, 0.4) is 0 Å². The van der Waals surface area contributed by atoms with Crippen LogP contribution < -0.4 is 9.80 Å². The van der Waals surface area contributed by atoms with Crippen molar-refractivity contribution in [1.82, 2.24) is 0 Å². The van der Waals surface area contributed by atoms with E-state index >= 15 is 0 Å². The molecule has 4 aliphatic rings. The molecule has 0 spiro atoms. The minimum absolute atomic E-state index is 0.200. The molecule has 4 nitrogen and oxygen atoms in total. The van der Waals surface area contributed by atoms with Crippen LogP contribution in [-0.2, 0) is 0 Å². The first-order chi connectivity index (χ1) is 34.7. The van der Waals surface area contributed by atoms with Crippen molar-refractivity contribution in [2.45, 2.75) is 107 Å². The largest absolute Gasteiger partial charge is 0.326 e. The number of rotatable bonds is 4. The van der Waals surface area contributed by atoms with Gasteiger partial charge in [-0.15, -0.1) is 0 Å². The predicted octanol–water partition coefficient (Wildman–Crippen LogP) is 16.8. The molecule has 0 bridgehead atoms. The molecular weight excluding hydrogens is 873 g/mol. The minimum Gasteiger partial charge on any atom is -0.326 e. The first-order valence-electron chi connectivity index (χ1n) is 25.7. The molecule has 4 heteroatoms. The third-order valence-corrected chi connectivity index (χ3v) is 15.5. The highest BCUT2D eigenvalue weighted by Gasteiger charge is 2.50. The van der Waals surface area contributed by atoms with E-state index < -0.39 is 0 Å². The van der Waals surface area contributed by atoms with E-state index in [0.717, 1.165) is 0 Å². The van der Waals surface area contributed by atoms with E-state index in [0.29, 0.717) is 0 Å². The molecule has 2 heterocycles. The molecule has 0 radical (unpaired) electrons. The van der Waals surface area contributed by atoms with Crippen LogP contribution in [0.15, 0.2) is 158 Å². The number of benzene rings is 9. The molecule has 4 atom stereocenters. The molecule has 0 N–H and O–H groups in total. The SMILES string of the molecule is Cc1cc(C)c(N2[C-]=[N+](c3c(C)cc(C)cc3C)[C@H]3c4cccc5cccc(c45)[C@H]32)c(C)c1.Cc1cc(C)c(N2[C-]=[N+](c3c(C)cc(C)cc3C)[C@H]3c4cccc5cccc(c45)[C@H]32)c(C)c1.c1ccccc1. The molecule has 358 valence electrons. The topological polar surface area (TPSA) is 12.5 Å². The van der Waals surface area contributed by atoms with Gasteiger partial charge in [0, 0.05) is 45.0 Å². The second-order valence-corrected chi connectivity index (χ2v) is 21.2. The second-order valence-electron chi connectivity index (χ2n) is 21.2. The third-order valence-electron chi connectivity index (χ3n) is 15.5. The van der Waals surface area contributed by atoms with Crippen molar-refractivity contribution in [1.29, 1.82) is 0 Å². The van der Waals surface area contributed by atoms with Crippen LogP contribution in [0.1, 0.15) is 113 Å². The summed E-state index contributed by atoms with van der Waals surface area (Å²) in [7, 11) is 0. The monoisotopic (exact) mass is 939 g/mol. The lowest BCUT2D eigenvalue weighted by Gasteiger charge is -2.27.